The van der Waals surface area contributed by atoms with Crippen LogP contribution in [0.15, 0.2) is 42.5 Å². The van der Waals surface area contributed by atoms with Crippen molar-refractivity contribution in [2.24, 2.45) is 0 Å². The fourth-order valence-electron chi connectivity index (χ4n) is 3.26. The summed E-state index contributed by atoms with van der Waals surface area (Å²) in [6.45, 7) is 2.22. The first-order valence-electron chi connectivity index (χ1n) is 9.48. The summed E-state index contributed by atoms with van der Waals surface area (Å²) in [5.74, 6) is 1.30. The van der Waals surface area contributed by atoms with Gasteiger partial charge in [0, 0.05) is 12.5 Å². The van der Waals surface area contributed by atoms with Gasteiger partial charge < -0.3 is 9.84 Å². The van der Waals surface area contributed by atoms with Crippen molar-refractivity contribution in [1.82, 2.24) is 4.90 Å². The predicted molar refractivity (Wildman–Crippen MR) is 108 cm³/mol. The van der Waals surface area contributed by atoms with Gasteiger partial charge >= 0.3 is 5.97 Å². The molecule has 2 atom stereocenters. The van der Waals surface area contributed by atoms with Crippen LogP contribution in [0.2, 0.25) is 0 Å². The quantitative estimate of drug-likeness (QED) is 0.364. The first kappa shape index (κ1) is 21.0. The Bertz CT molecular complexity index is 549. The molecule has 1 aromatic rings. The highest BCUT2D eigenvalue weighted by atomic mass is 32.2. The van der Waals surface area contributed by atoms with E-state index in [1.54, 1.807) is 11.8 Å². The zero-order valence-corrected chi connectivity index (χ0v) is 16.5. The third-order valence-electron chi connectivity index (χ3n) is 4.69. The molecular weight excluding hydrogens is 346 g/mol. The number of unbranched alkanes of at least 4 members (excludes halogenated alkanes) is 1. The number of likely N-dealkylation sites (tertiary alicyclic amines) is 1. The van der Waals surface area contributed by atoms with E-state index in [-0.39, 0.29) is 5.97 Å². The van der Waals surface area contributed by atoms with Crippen molar-refractivity contribution in [1.29, 1.82) is 0 Å². The van der Waals surface area contributed by atoms with Gasteiger partial charge in [0.25, 0.3) is 0 Å². The number of hydrogen-bond acceptors (Lipinski definition) is 5. The molecule has 1 saturated heterocycles. The molecule has 0 aromatic heterocycles. The van der Waals surface area contributed by atoms with Crippen LogP contribution in [0.25, 0.3) is 0 Å². The largest absolute Gasteiger partial charge is 0.468 e. The van der Waals surface area contributed by atoms with Gasteiger partial charge in [0.15, 0.2) is 0 Å². The fraction of sp³-hybridized carbons (Fsp3) is 0.571. The highest BCUT2D eigenvalue weighted by Crippen LogP contribution is 2.20. The Labute approximate surface area is 161 Å². The van der Waals surface area contributed by atoms with Crippen LogP contribution < -0.4 is 0 Å². The monoisotopic (exact) mass is 377 g/mol. The average Bonchev–Trinajstić information content (AvgIpc) is 3.10. The normalized spacial score (nSPS) is 19.1. The van der Waals surface area contributed by atoms with Crippen LogP contribution in [-0.2, 0) is 16.0 Å². The Morgan fingerprint density at radius 2 is 2.19 bits per heavy atom. The first-order chi connectivity index (χ1) is 12.7. The van der Waals surface area contributed by atoms with Crippen molar-refractivity contribution in [2.75, 3.05) is 31.7 Å². The third-order valence-corrected chi connectivity index (χ3v) is 5.71. The van der Waals surface area contributed by atoms with Crippen molar-refractivity contribution >= 4 is 17.7 Å². The number of nitrogens with zero attached hydrogens (tertiary/aromatic N) is 1. The second-order valence-corrected chi connectivity index (χ2v) is 7.83. The fourth-order valence-corrected chi connectivity index (χ4v) is 4.10. The summed E-state index contributed by atoms with van der Waals surface area (Å²) >= 11 is 1.64. The Hall–Kier alpha value is -1.30. The Balaban J connectivity index is 1.64. The van der Waals surface area contributed by atoms with Gasteiger partial charge in [0.2, 0.25) is 0 Å². The lowest BCUT2D eigenvalue weighted by Crippen LogP contribution is -2.29. The van der Waals surface area contributed by atoms with Crippen molar-refractivity contribution in [3.63, 3.8) is 0 Å². The summed E-state index contributed by atoms with van der Waals surface area (Å²) in [6, 6.07) is 10.6. The number of rotatable bonds is 11. The number of aliphatic hydroxyl groups is 1. The molecule has 5 heteroatoms. The van der Waals surface area contributed by atoms with Crippen molar-refractivity contribution < 1.29 is 14.6 Å². The SMILES string of the molecule is COC(=O)CSCCCCN1CCC[C@@H]1/C=C/[C@H](O)Cc1ccccc1. The number of hydrogen-bond donors (Lipinski definition) is 1. The Kier molecular flexibility index (Phi) is 9.82. The number of aliphatic hydroxyl groups excluding tert-OH is 1. The Morgan fingerprint density at radius 1 is 1.38 bits per heavy atom. The zero-order chi connectivity index (χ0) is 18.6. The highest BCUT2D eigenvalue weighted by molar-refractivity contribution is 7.99. The molecule has 0 spiro atoms. The third kappa shape index (κ3) is 7.94. The molecule has 1 N–H and O–H groups in total. The molecule has 0 saturated carbocycles. The summed E-state index contributed by atoms with van der Waals surface area (Å²) in [7, 11) is 1.43. The highest BCUT2D eigenvalue weighted by Gasteiger charge is 2.21. The minimum Gasteiger partial charge on any atom is -0.468 e. The first-order valence-corrected chi connectivity index (χ1v) is 10.6. The van der Waals surface area contributed by atoms with Crippen LogP contribution >= 0.6 is 11.8 Å². The standard InChI is InChI=1S/C21H31NO3S/c1-25-21(24)17-26-15-6-5-13-22-14-7-10-19(22)11-12-20(23)16-18-8-3-2-4-9-18/h2-4,8-9,11-12,19-20,23H,5-7,10,13-17H2,1H3/b12-11+/t19-,20+/m1/s1. The second kappa shape index (κ2) is 12.2. The van der Waals surface area contributed by atoms with Crippen LogP contribution in [0, 0.1) is 0 Å². The van der Waals surface area contributed by atoms with Gasteiger partial charge in [-0.15, -0.1) is 0 Å². The van der Waals surface area contributed by atoms with Crippen molar-refractivity contribution in [3.8, 4) is 0 Å². The van der Waals surface area contributed by atoms with Gasteiger partial charge in [-0.2, -0.15) is 11.8 Å². The molecule has 1 aliphatic heterocycles. The van der Waals surface area contributed by atoms with E-state index >= 15 is 0 Å². The summed E-state index contributed by atoms with van der Waals surface area (Å²) in [4.78, 5) is 13.6. The molecule has 1 fully saturated rings. The number of thioether (sulfide) groups is 1. The van der Waals surface area contributed by atoms with E-state index in [1.165, 1.54) is 20.0 Å². The van der Waals surface area contributed by atoms with Crippen molar-refractivity contribution in [2.45, 2.75) is 44.2 Å². The van der Waals surface area contributed by atoms with Crippen LogP contribution in [0.3, 0.4) is 0 Å². The maximum absolute atomic E-state index is 11.1. The molecular formula is C21H31NO3S. The van der Waals surface area contributed by atoms with E-state index in [0.717, 1.165) is 37.2 Å². The number of benzene rings is 1. The number of esters is 1. The van der Waals surface area contributed by atoms with E-state index in [0.29, 0.717) is 18.2 Å². The van der Waals surface area contributed by atoms with Crippen molar-refractivity contribution in [3.05, 3.63) is 48.0 Å². The minimum absolute atomic E-state index is 0.145. The maximum Gasteiger partial charge on any atom is 0.315 e. The van der Waals surface area contributed by atoms with Crippen LogP contribution in [0.4, 0.5) is 0 Å². The van der Waals surface area contributed by atoms with Gasteiger partial charge in [-0.05, 0) is 50.1 Å². The Morgan fingerprint density at radius 3 is 2.96 bits per heavy atom. The molecule has 26 heavy (non-hydrogen) atoms. The molecule has 0 unspecified atom stereocenters. The molecule has 1 aromatic carbocycles. The maximum atomic E-state index is 11.1. The minimum atomic E-state index is -0.422. The summed E-state index contributed by atoms with van der Waals surface area (Å²) in [6.07, 6.45) is 9.05. The lowest BCUT2D eigenvalue weighted by atomic mass is 10.1. The summed E-state index contributed by atoms with van der Waals surface area (Å²) in [5.41, 5.74) is 1.16. The van der Waals surface area contributed by atoms with E-state index in [9.17, 15) is 9.90 Å². The molecule has 1 aliphatic rings. The van der Waals surface area contributed by atoms with Crippen LogP contribution in [-0.4, -0.2) is 59.8 Å². The molecule has 1 heterocycles. The van der Waals surface area contributed by atoms with Gasteiger partial charge in [-0.3, -0.25) is 9.69 Å². The molecule has 4 nitrogen and oxygen atoms in total. The van der Waals surface area contributed by atoms with Gasteiger partial charge in [0.1, 0.15) is 0 Å². The predicted octanol–water partition coefficient (Wildman–Crippen LogP) is 3.30. The lowest BCUT2D eigenvalue weighted by molar-refractivity contribution is -0.137. The smallest absolute Gasteiger partial charge is 0.315 e. The lowest BCUT2D eigenvalue weighted by Gasteiger charge is -2.22. The molecule has 144 valence electrons. The van der Waals surface area contributed by atoms with E-state index in [2.05, 4.69) is 27.8 Å². The van der Waals surface area contributed by atoms with Gasteiger partial charge in [0.05, 0.1) is 19.0 Å². The van der Waals surface area contributed by atoms with Crippen LogP contribution in [0.5, 0.6) is 0 Å². The number of ether oxygens (including phenoxy) is 1. The van der Waals surface area contributed by atoms with Gasteiger partial charge in [-0.1, -0.05) is 42.5 Å². The second-order valence-electron chi connectivity index (χ2n) is 6.72. The number of methoxy groups -OCH3 is 1. The summed E-state index contributed by atoms with van der Waals surface area (Å²) in [5, 5.41) is 10.2. The topological polar surface area (TPSA) is 49.8 Å². The molecule has 0 bridgehead atoms. The van der Waals surface area contributed by atoms with Crippen LogP contribution in [0.1, 0.15) is 31.2 Å². The molecule has 2 rings (SSSR count). The number of carbonyl (C=O) groups is 1. The zero-order valence-electron chi connectivity index (χ0n) is 15.7. The van der Waals surface area contributed by atoms with E-state index in [1.807, 2.05) is 24.3 Å². The molecule has 0 amide bonds. The van der Waals surface area contributed by atoms with E-state index < -0.39 is 6.10 Å². The van der Waals surface area contributed by atoms with E-state index in [4.69, 9.17) is 0 Å². The van der Waals surface area contributed by atoms with Gasteiger partial charge in [-0.25, -0.2) is 0 Å². The average molecular weight is 378 g/mol. The summed E-state index contributed by atoms with van der Waals surface area (Å²) < 4.78 is 4.64. The number of carbonyl (C=O) groups excluding carboxylic acids is 1. The molecule has 0 aliphatic carbocycles. The molecule has 0 radical (unpaired) electrons.